The van der Waals surface area contributed by atoms with Gasteiger partial charge in [-0.2, -0.15) is 0 Å². The lowest BCUT2D eigenvalue weighted by atomic mass is 10.0. The maximum Gasteiger partial charge on any atom is 0.228 e. The van der Waals surface area contributed by atoms with Gasteiger partial charge in [-0.25, -0.2) is 0 Å². The Bertz CT molecular complexity index is 683. The number of rotatable bonds is 3. The second-order valence-corrected chi connectivity index (χ2v) is 3.99. The fourth-order valence-corrected chi connectivity index (χ4v) is 1.91. The van der Waals surface area contributed by atoms with Crippen molar-refractivity contribution in [2.45, 2.75) is 0 Å². The van der Waals surface area contributed by atoms with Gasteiger partial charge in [0.2, 0.25) is 5.78 Å². The van der Waals surface area contributed by atoms with E-state index in [4.69, 9.17) is 8.83 Å². The molecule has 0 fully saturated rings. The van der Waals surface area contributed by atoms with Gasteiger partial charge in [-0.3, -0.25) is 4.79 Å². The molecular formula is C15H10O4. The molecule has 4 heteroatoms. The van der Waals surface area contributed by atoms with Gasteiger partial charge in [0, 0.05) is 11.1 Å². The number of furan rings is 2. The minimum absolute atomic E-state index is 0.0649. The second kappa shape index (κ2) is 4.49. The molecule has 0 bridgehead atoms. The largest absolute Gasteiger partial charge is 0.504 e. The lowest BCUT2D eigenvalue weighted by molar-refractivity contribution is 0.101. The Labute approximate surface area is 109 Å². The molecule has 94 valence electrons. The summed E-state index contributed by atoms with van der Waals surface area (Å²) in [6, 6.07) is 6.53. The summed E-state index contributed by atoms with van der Waals surface area (Å²) in [5.41, 5.74) is 0.806. The van der Waals surface area contributed by atoms with E-state index in [9.17, 15) is 9.90 Å². The van der Waals surface area contributed by atoms with Gasteiger partial charge in [0.1, 0.15) is 0 Å². The fraction of sp³-hybridized carbons (Fsp3) is 0. The molecule has 1 aliphatic carbocycles. The molecule has 0 saturated heterocycles. The van der Waals surface area contributed by atoms with Crippen LogP contribution in [0.2, 0.25) is 0 Å². The first-order chi connectivity index (χ1) is 9.27. The highest BCUT2D eigenvalue weighted by atomic mass is 16.4. The van der Waals surface area contributed by atoms with Crippen LogP contribution in [0.25, 0.3) is 5.76 Å². The first kappa shape index (κ1) is 11.3. The first-order valence-corrected chi connectivity index (χ1v) is 5.71. The monoisotopic (exact) mass is 254 g/mol. The summed E-state index contributed by atoms with van der Waals surface area (Å²) in [5, 5.41) is 10.1. The number of aliphatic hydroxyl groups excluding tert-OH is 1. The van der Waals surface area contributed by atoms with E-state index in [0.717, 1.165) is 0 Å². The van der Waals surface area contributed by atoms with Crippen molar-refractivity contribution in [3.63, 3.8) is 0 Å². The van der Waals surface area contributed by atoms with Crippen LogP contribution in [0.3, 0.4) is 0 Å². The zero-order chi connectivity index (χ0) is 13.2. The summed E-state index contributed by atoms with van der Waals surface area (Å²) in [6.07, 6.45) is 7.90. The fourth-order valence-electron chi connectivity index (χ4n) is 1.91. The van der Waals surface area contributed by atoms with Gasteiger partial charge in [-0.15, -0.1) is 0 Å². The van der Waals surface area contributed by atoms with E-state index in [-0.39, 0.29) is 17.3 Å². The summed E-state index contributed by atoms with van der Waals surface area (Å²) >= 11 is 0. The molecule has 1 aliphatic rings. The molecule has 1 N–H and O–H groups in total. The number of allylic oxidation sites excluding steroid dienone is 5. The SMILES string of the molecule is O=C(C1=CC=C/C1=C(/O)c1ccco1)c1ccco1. The Hall–Kier alpha value is -2.75. The summed E-state index contributed by atoms with van der Waals surface area (Å²) in [6.45, 7) is 0. The highest BCUT2D eigenvalue weighted by Crippen LogP contribution is 2.29. The van der Waals surface area contributed by atoms with Crippen LogP contribution in [0.5, 0.6) is 0 Å². The van der Waals surface area contributed by atoms with Gasteiger partial charge in [0.15, 0.2) is 17.3 Å². The molecule has 3 rings (SSSR count). The zero-order valence-corrected chi connectivity index (χ0v) is 9.87. The van der Waals surface area contributed by atoms with E-state index in [1.807, 2.05) is 0 Å². The molecule has 0 aromatic carbocycles. The van der Waals surface area contributed by atoms with E-state index in [1.54, 1.807) is 42.5 Å². The van der Waals surface area contributed by atoms with Crippen molar-refractivity contribution in [1.29, 1.82) is 0 Å². The molecule has 0 saturated carbocycles. The molecule has 0 unspecified atom stereocenters. The topological polar surface area (TPSA) is 63.6 Å². The Morgan fingerprint density at radius 2 is 1.74 bits per heavy atom. The number of ketones is 1. The Morgan fingerprint density at radius 1 is 1.05 bits per heavy atom. The summed E-state index contributed by atoms with van der Waals surface area (Å²) in [7, 11) is 0. The van der Waals surface area contributed by atoms with Gasteiger partial charge >= 0.3 is 0 Å². The molecule has 2 aromatic rings. The van der Waals surface area contributed by atoms with Gasteiger partial charge in [-0.1, -0.05) is 18.2 Å². The van der Waals surface area contributed by atoms with Crippen LogP contribution in [0.1, 0.15) is 16.3 Å². The smallest absolute Gasteiger partial charge is 0.228 e. The highest BCUT2D eigenvalue weighted by molar-refractivity contribution is 6.12. The number of aliphatic hydroxyl groups is 1. The van der Waals surface area contributed by atoms with Gasteiger partial charge in [-0.05, 0) is 24.3 Å². The molecule has 4 nitrogen and oxygen atoms in total. The molecule has 2 heterocycles. The highest BCUT2D eigenvalue weighted by Gasteiger charge is 2.23. The molecule has 0 atom stereocenters. The van der Waals surface area contributed by atoms with Crippen molar-refractivity contribution in [1.82, 2.24) is 0 Å². The van der Waals surface area contributed by atoms with Crippen molar-refractivity contribution in [2.24, 2.45) is 0 Å². The number of carbonyl (C=O) groups is 1. The third kappa shape index (κ3) is 1.93. The average Bonchev–Trinajstić information content (AvgIpc) is 3.16. The van der Waals surface area contributed by atoms with Crippen LogP contribution < -0.4 is 0 Å². The second-order valence-electron chi connectivity index (χ2n) is 3.99. The molecule has 2 aromatic heterocycles. The van der Waals surface area contributed by atoms with E-state index in [1.165, 1.54) is 12.5 Å². The van der Waals surface area contributed by atoms with Crippen molar-refractivity contribution >= 4 is 11.5 Å². The maximum atomic E-state index is 12.2. The molecule has 0 aliphatic heterocycles. The predicted octanol–water partition coefficient (Wildman–Crippen LogP) is 3.52. The molecule has 0 spiro atoms. The van der Waals surface area contributed by atoms with Crippen LogP contribution >= 0.6 is 0 Å². The third-order valence-corrected chi connectivity index (χ3v) is 2.82. The number of Topliss-reactive ketones (excluding diaryl/α,β-unsaturated/α-hetero) is 1. The van der Waals surface area contributed by atoms with Crippen LogP contribution in [0, 0.1) is 0 Å². The summed E-state index contributed by atoms with van der Waals surface area (Å²) in [5.74, 6) is 0.215. The van der Waals surface area contributed by atoms with Gasteiger partial charge < -0.3 is 13.9 Å². The molecular weight excluding hydrogens is 244 g/mol. The summed E-state index contributed by atoms with van der Waals surface area (Å²) < 4.78 is 10.2. The Balaban J connectivity index is 2.00. The minimum Gasteiger partial charge on any atom is -0.504 e. The van der Waals surface area contributed by atoms with E-state index >= 15 is 0 Å². The number of hydrogen-bond donors (Lipinski definition) is 1. The molecule has 0 amide bonds. The van der Waals surface area contributed by atoms with Crippen LogP contribution in [0.15, 0.2) is 75.0 Å². The Morgan fingerprint density at radius 3 is 2.37 bits per heavy atom. The quantitative estimate of drug-likeness (QED) is 0.672. The van der Waals surface area contributed by atoms with E-state index in [2.05, 4.69) is 0 Å². The minimum atomic E-state index is -0.275. The van der Waals surface area contributed by atoms with E-state index < -0.39 is 0 Å². The molecule has 19 heavy (non-hydrogen) atoms. The van der Waals surface area contributed by atoms with E-state index in [0.29, 0.717) is 16.9 Å². The van der Waals surface area contributed by atoms with Gasteiger partial charge in [0.25, 0.3) is 0 Å². The first-order valence-electron chi connectivity index (χ1n) is 5.71. The normalized spacial score (nSPS) is 16.5. The van der Waals surface area contributed by atoms with Crippen molar-refractivity contribution in [3.8, 4) is 0 Å². The molecule has 0 radical (unpaired) electrons. The number of hydrogen-bond acceptors (Lipinski definition) is 4. The number of carbonyl (C=O) groups excluding carboxylic acids is 1. The predicted molar refractivity (Wildman–Crippen MR) is 68.5 cm³/mol. The standard InChI is InChI=1S/C15H10O4/c16-14(12-6-2-8-18-12)10-4-1-5-11(10)15(17)13-7-3-9-19-13/h1-9,16H/b14-10-. The van der Waals surface area contributed by atoms with Crippen molar-refractivity contribution in [3.05, 3.63) is 77.7 Å². The van der Waals surface area contributed by atoms with Crippen LogP contribution in [0.4, 0.5) is 0 Å². The lowest BCUT2D eigenvalue weighted by Gasteiger charge is -2.04. The van der Waals surface area contributed by atoms with Crippen molar-refractivity contribution < 1.29 is 18.7 Å². The maximum absolute atomic E-state index is 12.2. The Kier molecular flexibility index (Phi) is 2.68. The van der Waals surface area contributed by atoms with Gasteiger partial charge in [0.05, 0.1) is 12.5 Å². The summed E-state index contributed by atoms with van der Waals surface area (Å²) in [4.78, 5) is 12.2. The van der Waals surface area contributed by atoms with Crippen LogP contribution in [-0.2, 0) is 0 Å². The van der Waals surface area contributed by atoms with Crippen molar-refractivity contribution in [2.75, 3.05) is 0 Å². The van der Waals surface area contributed by atoms with Crippen LogP contribution in [-0.4, -0.2) is 10.9 Å². The zero-order valence-electron chi connectivity index (χ0n) is 9.87. The third-order valence-electron chi connectivity index (χ3n) is 2.82. The average molecular weight is 254 g/mol. The lowest BCUT2D eigenvalue weighted by Crippen LogP contribution is -2.03.